The first kappa shape index (κ1) is 36.3. The Balaban J connectivity index is 0.000000418. The minimum Gasteiger partial charge on any atom is -1.00 e. The number of benzene rings is 3. The van der Waals surface area contributed by atoms with Gasteiger partial charge in [-0.3, -0.25) is 4.79 Å². The number of carbonyl (C=O) groups is 1. The summed E-state index contributed by atoms with van der Waals surface area (Å²) in [7, 11) is 1.58. The number of amides is 1. The van der Waals surface area contributed by atoms with Gasteiger partial charge in [-0.25, -0.2) is 0 Å². The van der Waals surface area contributed by atoms with E-state index in [2.05, 4.69) is 143 Å². The quantitative estimate of drug-likeness (QED) is 0.174. The molecule has 7 heteroatoms. The summed E-state index contributed by atoms with van der Waals surface area (Å²) in [5.74, 6) is 2.46. The molecular formula is C36H46ClN3O2Pd-2. The van der Waals surface area contributed by atoms with E-state index in [-0.39, 0.29) is 18.3 Å². The average Bonchev–Trinajstić information content (AvgIpc) is 3.32. The largest absolute Gasteiger partial charge is 1.00 e. The standard InChI is InChI=1S/C27H36N2.C9H10NO2.ClH.Pd/c1-18(2)22-11-9-12-23(19(3)4)26(22)28-15-16-29(17-28)27-24(20(5)6)13-10-14-25(27)21(7)8;1-7(11)10-8-3-5-9(12-2)6-4-8;;/h9-16,18-21H,1-8H3;3,5-6H,1-2H3,(H,10,11);1H;/q;-1;;/p-1. The minimum atomic E-state index is -0.101. The van der Waals surface area contributed by atoms with Crippen LogP contribution in [0.2, 0.25) is 0 Å². The van der Waals surface area contributed by atoms with E-state index in [4.69, 9.17) is 4.74 Å². The number of nitrogens with one attached hydrogen (secondary N) is 1. The van der Waals surface area contributed by atoms with Crippen LogP contribution in [-0.2, 0) is 23.5 Å². The molecule has 0 aliphatic carbocycles. The van der Waals surface area contributed by atoms with Crippen molar-refractivity contribution in [1.82, 2.24) is 9.13 Å². The Morgan fingerprint density at radius 3 is 1.42 bits per heavy atom. The maximum atomic E-state index is 10.6. The number of anilines is 1. The number of ether oxygens (including phenoxy) is 1. The molecule has 3 aromatic carbocycles. The van der Waals surface area contributed by atoms with Crippen molar-refractivity contribution in [2.24, 2.45) is 0 Å². The summed E-state index contributed by atoms with van der Waals surface area (Å²) < 4.78 is 10.7. The molecule has 1 heterocycles. The van der Waals surface area contributed by atoms with Crippen molar-refractivity contribution in [2.45, 2.75) is 86.0 Å². The van der Waals surface area contributed by atoms with Crippen molar-refractivity contribution < 1.29 is 40.7 Å². The van der Waals surface area contributed by atoms with Gasteiger partial charge in [-0.1, -0.05) is 5.69 Å². The Hall–Kier alpha value is -2.91. The SMILES string of the molecule is CC(C)c1cccc(C(C)C)c1-n1ccn(-c2c(C(C)C)cccc2C(C)C)[c]1=[Pd].COc1c[c-]c(NC(C)=O)cc1.[Cl-]. The van der Waals surface area contributed by atoms with Crippen LogP contribution >= 0.6 is 0 Å². The van der Waals surface area contributed by atoms with Crippen LogP contribution in [-0.4, -0.2) is 22.2 Å². The zero-order valence-electron chi connectivity index (χ0n) is 27.1. The smallest absolute Gasteiger partial charge is 0.219 e. The molecule has 4 rings (SSSR count). The molecule has 0 aliphatic rings. The molecule has 0 atom stereocenters. The summed E-state index contributed by atoms with van der Waals surface area (Å²) >= 11 is 3.64. The fourth-order valence-corrected chi connectivity index (χ4v) is 5.65. The fourth-order valence-electron chi connectivity index (χ4n) is 5.07. The van der Waals surface area contributed by atoms with Crippen LogP contribution in [0.4, 0.5) is 5.69 Å². The fraction of sp³-hybridized carbons (Fsp3) is 0.389. The number of hydrogen-bond donors (Lipinski definition) is 1. The Kier molecular flexibility index (Phi) is 13.7. The summed E-state index contributed by atoms with van der Waals surface area (Å²) in [6, 6.07) is 21.5. The summed E-state index contributed by atoms with van der Waals surface area (Å²) in [5, 5.41) is 2.61. The minimum absolute atomic E-state index is 0. The van der Waals surface area contributed by atoms with Gasteiger partial charge in [0.25, 0.3) is 0 Å². The van der Waals surface area contributed by atoms with E-state index in [9.17, 15) is 4.79 Å². The number of halogens is 1. The van der Waals surface area contributed by atoms with Crippen LogP contribution in [0.25, 0.3) is 11.4 Å². The summed E-state index contributed by atoms with van der Waals surface area (Å²) in [6.07, 6.45) is 4.43. The Bertz CT molecular complexity index is 1410. The molecule has 0 saturated carbocycles. The molecule has 1 aromatic heterocycles. The average molecular weight is 695 g/mol. The number of imidazole rings is 1. The van der Waals surface area contributed by atoms with Crippen molar-refractivity contribution in [3.8, 4) is 17.1 Å². The van der Waals surface area contributed by atoms with Crippen molar-refractivity contribution in [2.75, 3.05) is 12.4 Å². The van der Waals surface area contributed by atoms with Crippen molar-refractivity contribution in [3.05, 3.63) is 99.2 Å². The van der Waals surface area contributed by atoms with E-state index in [0.29, 0.717) is 29.4 Å². The zero-order valence-corrected chi connectivity index (χ0v) is 29.4. The van der Waals surface area contributed by atoms with E-state index in [1.807, 2.05) is 0 Å². The van der Waals surface area contributed by atoms with E-state index < -0.39 is 0 Å². The molecule has 0 aliphatic heterocycles. The predicted molar refractivity (Wildman–Crippen MR) is 171 cm³/mol. The second kappa shape index (κ2) is 16.2. The first-order chi connectivity index (χ1) is 19.9. The molecule has 5 nitrogen and oxygen atoms in total. The third-order valence-corrected chi connectivity index (χ3v) is 7.98. The molecule has 0 bridgehead atoms. The van der Waals surface area contributed by atoms with Gasteiger partial charge in [-0.05, 0) is 0 Å². The van der Waals surface area contributed by atoms with Gasteiger partial charge >= 0.3 is 193 Å². The topological polar surface area (TPSA) is 48.2 Å². The predicted octanol–water partition coefficient (Wildman–Crippen LogP) is 6.30. The van der Waals surface area contributed by atoms with Gasteiger partial charge in [0.15, 0.2) is 0 Å². The van der Waals surface area contributed by atoms with Gasteiger partial charge in [0.05, 0.1) is 7.11 Å². The second-order valence-corrected chi connectivity index (χ2v) is 12.5. The number of methoxy groups -OCH3 is 1. The Labute approximate surface area is 275 Å². The van der Waals surface area contributed by atoms with Crippen molar-refractivity contribution >= 4 is 11.6 Å². The normalized spacial score (nSPS) is 11.0. The number of para-hydroxylation sites is 2. The van der Waals surface area contributed by atoms with Crippen molar-refractivity contribution in [3.63, 3.8) is 0 Å². The Morgan fingerprint density at radius 1 is 0.744 bits per heavy atom. The Morgan fingerprint density at radius 2 is 1.14 bits per heavy atom. The molecule has 236 valence electrons. The van der Waals surface area contributed by atoms with Gasteiger partial charge < -0.3 is 22.5 Å². The van der Waals surface area contributed by atoms with Gasteiger partial charge in [-0.2, -0.15) is 6.07 Å². The molecule has 0 saturated heterocycles. The second-order valence-electron chi connectivity index (χ2n) is 11.8. The number of hydrogen-bond acceptors (Lipinski definition) is 2. The summed E-state index contributed by atoms with van der Waals surface area (Å²) in [6.45, 7) is 19.7. The maximum Gasteiger partial charge on any atom is 0.219 e. The third kappa shape index (κ3) is 8.82. The number of carbonyl (C=O) groups excluding carboxylic acids is 1. The van der Waals surface area contributed by atoms with E-state index >= 15 is 0 Å². The van der Waals surface area contributed by atoms with Crippen LogP contribution in [0.3, 0.4) is 0 Å². The van der Waals surface area contributed by atoms with Gasteiger partial charge in [0, 0.05) is 12.7 Å². The summed E-state index contributed by atoms with van der Waals surface area (Å²) in [5.41, 5.74) is 8.83. The molecule has 43 heavy (non-hydrogen) atoms. The van der Waals surface area contributed by atoms with Crippen LogP contribution < -0.4 is 22.5 Å². The molecular weight excluding hydrogens is 648 g/mol. The number of nitrogens with zero attached hydrogens (tertiary/aromatic N) is 2. The van der Waals surface area contributed by atoms with E-state index in [0.717, 1.165) is 9.64 Å². The molecule has 1 N–H and O–H groups in total. The number of aromatic nitrogens is 2. The molecule has 1 amide bonds. The van der Waals surface area contributed by atoms with Crippen LogP contribution in [0.5, 0.6) is 5.75 Å². The monoisotopic (exact) mass is 693 g/mol. The molecule has 0 unspecified atom stereocenters. The molecule has 4 aromatic rings. The first-order valence-corrected chi connectivity index (χ1v) is 15.5. The van der Waals surface area contributed by atoms with Crippen LogP contribution in [0.15, 0.2) is 67.0 Å². The molecule has 0 spiro atoms. The van der Waals surface area contributed by atoms with Crippen LogP contribution in [0, 0.1) is 9.96 Å². The van der Waals surface area contributed by atoms with E-state index in [1.165, 1.54) is 40.6 Å². The molecule has 0 fully saturated rings. The number of rotatable bonds is 8. The first-order valence-electron chi connectivity index (χ1n) is 14.7. The van der Waals surface area contributed by atoms with Gasteiger partial charge in [0.2, 0.25) is 5.91 Å². The van der Waals surface area contributed by atoms with Gasteiger partial charge in [0.1, 0.15) is 0 Å². The third-order valence-electron chi connectivity index (χ3n) is 7.23. The van der Waals surface area contributed by atoms with Crippen molar-refractivity contribution in [1.29, 1.82) is 0 Å². The van der Waals surface area contributed by atoms with Gasteiger partial charge in [-0.15, -0.1) is 18.2 Å². The summed E-state index contributed by atoms with van der Waals surface area (Å²) in [4.78, 5) is 10.6. The molecule has 0 radical (unpaired) electrons. The van der Waals surface area contributed by atoms with Crippen LogP contribution in [0.1, 0.15) is 108 Å². The van der Waals surface area contributed by atoms with E-state index in [1.54, 1.807) is 25.3 Å². The maximum absolute atomic E-state index is 10.6. The zero-order chi connectivity index (χ0) is 31.1.